The number of amides is 1. The lowest BCUT2D eigenvalue weighted by molar-refractivity contribution is 0.102. The first-order valence-electron chi connectivity index (χ1n) is 7.61. The Morgan fingerprint density at radius 3 is 2.40 bits per heavy atom. The number of hydrogen-bond acceptors (Lipinski definition) is 4. The summed E-state index contributed by atoms with van der Waals surface area (Å²) in [6.45, 7) is 1.93. The van der Waals surface area contributed by atoms with Crippen LogP contribution in [-0.4, -0.2) is 23.0 Å². The molecule has 3 aromatic rings. The van der Waals surface area contributed by atoms with Gasteiger partial charge in [-0.15, -0.1) is 0 Å². The average molecular weight is 337 g/mol. The van der Waals surface area contributed by atoms with Gasteiger partial charge in [-0.1, -0.05) is 6.07 Å². The number of hydrogen-bond donors (Lipinski definition) is 1. The van der Waals surface area contributed by atoms with Gasteiger partial charge in [-0.2, -0.15) is 0 Å². The van der Waals surface area contributed by atoms with Gasteiger partial charge >= 0.3 is 0 Å². The van der Waals surface area contributed by atoms with Crippen LogP contribution >= 0.6 is 0 Å². The van der Waals surface area contributed by atoms with Crippen molar-refractivity contribution in [2.75, 3.05) is 12.4 Å². The van der Waals surface area contributed by atoms with Gasteiger partial charge in [0, 0.05) is 18.0 Å². The molecule has 0 saturated heterocycles. The van der Waals surface area contributed by atoms with Crippen molar-refractivity contribution >= 4 is 11.6 Å². The summed E-state index contributed by atoms with van der Waals surface area (Å²) in [5.41, 5.74) is 2.57. The molecule has 1 heterocycles. The molecule has 1 aromatic heterocycles. The second kappa shape index (κ2) is 7.09. The topological polar surface area (TPSA) is 64.1 Å². The van der Waals surface area contributed by atoms with Gasteiger partial charge in [-0.25, -0.2) is 14.4 Å². The smallest absolute Gasteiger partial charge is 0.258 e. The number of ether oxygens (including phenoxy) is 1. The number of anilines is 1. The summed E-state index contributed by atoms with van der Waals surface area (Å²) in [4.78, 5) is 20.7. The highest BCUT2D eigenvalue weighted by Gasteiger charge is 2.11. The molecule has 5 nitrogen and oxygen atoms in total. The third kappa shape index (κ3) is 3.80. The Balaban J connectivity index is 1.79. The lowest BCUT2D eigenvalue weighted by atomic mass is 10.2. The van der Waals surface area contributed by atoms with Gasteiger partial charge < -0.3 is 10.1 Å². The van der Waals surface area contributed by atoms with E-state index in [-0.39, 0.29) is 11.7 Å². The van der Waals surface area contributed by atoms with Gasteiger partial charge in [0.25, 0.3) is 5.91 Å². The summed E-state index contributed by atoms with van der Waals surface area (Å²) < 4.78 is 18.2. The molecular formula is C19H16FN3O2. The minimum atomic E-state index is -0.338. The van der Waals surface area contributed by atoms with E-state index >= 15 is 0 Å². The SMILES string of the molecule is COc1ccc(C)cc1NC(=O)c1cnc(-c2ccc(F)cc2)nc1. The molecule has 0 fully saturated rings. The van der Waals surface area contributed by atoms with Gasteiger partial charge in [0.15, 0.2) is 5.82 Å². The lowest BCUT2D eigenvalue weighted by Crippen LogP contribution is -2.13. The molecule has 0 aliphatic rings. The van der Waals surface area contributed by atoms with E-state index < -0.39 is 0 Å². The molecule has 1 amide bonds. The van der Waals surface area contributed by atoms with E-state index in [0.717, 1.165) is 5.56 Å². The molecule has 1 N–H and O–H groups in total. The minimum Gasteiger partial charge on any atom is -0.495 e. The molecule has 0 aliphatic heterocycles. The Kier molecular flexibility index (Phi) is 4.70. The lowest BCUT2D eigenvalue weighted by Gasteiger charge is -2.11. The first kappa shape index (κ1) is 16.6. The molecule has 0 unspecified atom stereocenters. The van der Waals surface area contributed by atoms with Gasteiger partial charge in [0.2, 0.25) is 0 Å². The zero-order chi connectivity index (χ0) is 17.8. The number of halogens is 1. The Labute approximate surface area is 144 Å². The van der Waals surface area contributed by atoms with Crippen molar-refractivity contribution in [2.45, 2.75) is 6.92 Å². The number of benzene rings is 2. The molecule has 6 heteroatoms. The first-order valence-corrected chi connectivity index (χ1v) is 7.61. The van der Waals surface area contributed by atoms with E-state index in [2.05, 4.69) is 15.3 Å². The third-order valence-electron chi connectivity index (χ3n) is 3.62. The molecule has 3 rings (SSSR count). The van der Waals surface area contributed by atoms with Crippen molar-refractivity contribution in [3.05, 3.63) is 71.8 Å². The van der Waals surface area contributed by atoms with E-state index in [1.54, 1.807) is 25.3 Å². The van der Waals surface area contributed by atoms with Crippen LogP contribution in [0.5, 0.6) is 5.75 Å². The Morgan fingerprint density at radius 2 is 1.76 bits per heavy atom. The van der Waals surface area contributed by atoms with Crippen molar-refractivity contribution in [2.24, 2.45) is 0 Å². The Bertz CT molecular complexity index is 894. The van der Waals surface area contributed by atoms with Gasteiger partial charge in [-0.05, 0) is 48.9 Å². The van der Waals surface area contributed by atoms with Crippen LogP contribution < -0.4 is 10.1 Å². The quantitative estimate of drug-likeness (QED) is 0.785. The minimum absolute atomic E-state index is 0.314. The predicted molar refractivity (Wildman–Crippen MR) is 93.1 cm³/mol. The van der Waals surface area contributed by atoms with Crippen molar-refractivity contribution in [1.82, 2.24) is 9.97 Å². The van der Waals surface area contributed by atoms with Crippen LogP contribution in [0.3, 0.4) is 0 Å². The highest BCUT2D eigenvalue weighted by molar-refractivity contribution is 6.04. The number of aromatic nitrogens is 2. The summed E-state index contributed by atoms with van der Waals surface area (Å²) in [6.07, 6.45) is 2.87. The van der Waals surface area contributed by atoms with Crippen LogP contribution in [0.25, 0.3) is 11.4 Å². The highest BCUT2D eigenvalue weighted by atomic mass is 19.1. The van der Waals surface area contributed by atoms with E-state index in [0.29, 0.717) is 28.4 Å². The van der Waals surface area contributed by atoms with Crippen LogP contribution in [0.4, 0.5) is 10.1 Å². The maximum atomic E-state index is 13.0. The zero-order valence-electron chi connectivity index (χ0n) is 13.8. The van der Waals surface area contributed by atoms with Crippen molar-refractivity contribution < 1.29 is 13.9 Å². The van der Waals surface area contributed by atoms with Crippen LogP contribution in [0.2, 0.25) is 0 Å². The van der Waals surface area contributed by atoms with Gasteiger partial charge in [-0.3, -0.25) is 4.79 Å². The number of methoxy groups -OCH3 is 1. The maximum absolute atomic E-state index is 13.0. The normalized spacial score (nSPS) is 10.4. The number of nitrogens with zero attached hydrogens (tertiary/aromatic N) is 2. The third-order valence-corrected chi connectivity index (χ3v) is 3.62. The van der Waals surface area contributed by atoms with Crippen LogP contribution in [-0.2, 0) is 0 Å². The second-order valence-electron chi connectivity index (χ2n) is 5.46. The summed E-state index contributed by atoms with van der Waals surface area (Å²) in [6, 6.07) is 11.4. The molecule has 0 aliphatic carbocycles. The molecule has 0 atom stereocenters. The monoisotopic (exact) mass is 337 g/mol. The van der Waals surface area contributed by atoms with Crippen LogP contribution in [0, 0.1) is 12.7 Å². The van der Waals surface area contributed by atoms with Crippen LogP contribution in [0.15, 0.2) is 54.9 Å². The fourth-order valence-electron chi connectivity index (χ4n) is 2.31. The fraction of sp³-hybridized carbons (Fsp3) is 0.105. The predicted octanol–water partition coefficient (Wildman–Crippen LogP) is 3.85. The molecule has 0 spiro atoms. The molecule has 25 heavy (non-hydrogen) atoms. The van der Waals surface area contributed by atoms with Gasteiger partial charge in [0.1, 0.15) is 11.6 Å². The molecule has 0 saturated carbocycles. The van der Waals surface area contributed by atoms with E-state index in [1.165, 1.54) is 24.5 Å². The summed E-state index contributed by atoms with van der Waals surface area (Å²) >= 11 is 0. The molecule has 0 radical (unpaired) electrons. The highest BCUT2D eigenvalue weighted by Crippen LogP contribution is 2.25. The first-order chi connectivity index (χ1) is 12.1. The number of carbonyl (C=O) groups is 1. The van der Waals surface area contributed by atoms with E-state index in [1.807, 2.05) is 19.1 Å². The standard InChI is InChI=1S/C19H16FN3O2/c1-12-3-8-17(25-2)16(9-12)23-19(24)14-10-21-18(22-11-14)13-4-6-15(20)7-5-13/h3-11H,1-2H3,(H,23,24). The average Bonchev–Trinajstić information content (AvgIpc) is 2.63. The molecular weight excluding hydrogens is 321 g/mol. The number of carbonyl (C=O) groups excluding carboxylic acids is 1. The summed E-state index contributed by atoms with van der Waals surface area (Å²) in [5.74, 6) is 0.328. The second-order valence-corrected chi connectivity index (χ2v) is 5.46. The summed E-state index contributed by atoms with van der Waals surface area (Å²) in [7, 11) is 1.54. The Morgan fingerprint density at radius 1 is 1.08 bits per heavy atom. The van der Waals surface area contributed by atoms with Crippen molar-refractivity contribution in [1.29, 1.82) is 0 Å². The molecule has 126 valence electrons. The molecule has 0 bridgehead atoms. The van der Waals surface area contributed by atoms with Gasteiger partial charge in [0.05, 0.1) is 18.4 Å². The fourth-order valence-corrected chi connectivity index (χ4v) is 2.31. The zero-order valence-corrected chi connectivity index (χ0v) is 13.8. The number of aryl methyl sites for hydroxylation is 1. The number of nitrogens with one attached hydrogen (secondary N) is 1. The largest absolute Gasteiger partial charge is 0.495 e. The summed E-state index contributed by atoms with van der Waals surface area (Å²) in [5, 5.41) is 2.79. The van der Waals surface area contributed by atoms with E-state index in [4.69, 9.17) is 4.74 Å². The maximum Gasteiger partial charge on any atom is 0.258 e. The van der Waals surface area contributed by atoms with Crippen LogP contribution in [0.1, 0.15) is 15.9 Å². The number of rotatable bonds is 4. The molecule has 2 aromatic carbocycles. The Hall–Kier alpha value is -3.28. The van der Waals surface area contributed by atoms with E-state index in [9.17, 15) is 9.18 Å². The van der Waals surface area contributed by atoms with Crippen molar-refractivity contribution in [3.63, 3.8) is 0 Å². The van der Waals surface area contributed by atoms with Crippen molar-refractivity contribution in [3.8, 4) is 17.1 Å².